The van der Waals surface area contributed by atoms with Gasteiger partial charge in [0, 0.05) is 43.4 Å². The molecule has 3 aromatic rings. The zero-order chi connectivity index (χ0) is 30.2. The molecule has 11 heteroatoms. The summed E-state index contributed by atoms with van der Waals surface area (Å²) in [5, 5.41) is 8.62. The molecule has 1 aliphatic carbocycles. The number of piperazine rings is 1. The molecule has 1 saturated heterocycles. The van der Waals surface area contributed by atoms with Crippen LogP contribution in [0.1, 0.15) is 46.4 Å². The first-order chi connectivity index (χ1) is 19.9. The largest absolute Gasteiger partial charge is 0.484 e. The maximum absolute atomic E-state index is 13.2. The first-order valence-corrected chi connectivity index (χ1v) is 16.0. The third-order valence-corrected chi connectivity index (χ3v) is 10.8. The lowest BCUT2D eigenvalue weighted by Gasteiger charge is -2.44. The standard InChI is InChI=1S/C31H41Cl2N6O2P/c1-18-16-39(13-12-34-18)30(37-24-10-11-31(3,4)28(42)19(24)2)35-21-7-8-22-25(15-21)36-27(38(5)29(22)40)17-41-26-9-6-20(32)14-23(26)33/h6-9,14-15,18-19,24,28,34H,10-13,16-17,42H2,1-5H3,(H,35,37)/t18-,19?,24?,28+/m1/s1. The first kappa shape index (κ1) is 31.1. The van der Waals surface area contributed by atoms with E-state index in [2.05, 4.69) is 52.5 Å². The summed E-state index contributed by atoms with van der Waals surface area (Å²) in [6.45, 7) is 11.9. The highest BCUT2D eigenvalue weighted by Crippen LogP contribution is 2.44. The van der Waals surface area contributed by atoms with Gasteiger partial charge in [0.2, 0.25) is 0 Å². The van der Waals surface area contributed by atoms with Crippen LogP contribution in [0.5, 0.6) is 5.75 Å². The van der Waals surface area contributed by atoms with Gasteiger partial charge in [-0.2, -0.15) is 0 Å². The summed E-state index contributed by atoms with van der Waals surface area (Å²) in [6.07, 6.45) is 2.20. The van der Waals surface area contributed by atoms with Gasteiger partial charge in [0.1, 0.15) is 18.2 Å². The maximum Gasteiger partial charge on any atom is 0.261 e. The summed E-state index contributed by atoms with van der Waals surface area (Å²) >= 11 is 12.3. The average molecular weight is 632 g/mol. The molecule has 5 rings (SSSR count). The van der Waals surface area contributed by atoms with Gasteiger partial charge in [-0.25, -0.2) is 9.98 Å². The molecule has 42 heavy (non-hydrogen) atoms. The normalized spacial score (nSPS) is 24.6. The van der Waals surface area contributed by atoms with E-state index >= 15 is 0 Å². The van der Waals surface area contributed by atoms with E-state index in [1.54, 1.807) is 25.2 Å². The highest BCUT2D eigenvalue weighted by molar-refractivity contribution is 7.17. The SMILES string of the molecule is CC1C(N=C(Nc2ccc3c(=O)n(C)c(COc4ccc(Cl)cc4Cl)nc3c2)N2CCN[C@H](C)C2)CCC(C)(C)[C@H]1P. The minimum Gasteiger partial charge on any atom is -0.484 e. The summed E-state index contributed by atoms with van der Waals surface area (Å²) in [7, 11) is 4.78. The van der Waals surface area contributed by atoms with Crippen LogP contribution in [0.25, 0.3) is 10.9 Å². The van der Waals surface area contributed by atoms with E-state index in [1.165, 1.54) is 4.57 Å². The predicted molar refractivity (Wildman–Crippen MR) is 177 cm³/mol. The van der Waals surface area contributed by atoms with E-state index in [9.17, 15) is 4.79 Å². The number of ether oxygens (including phenoxy) is 1. The third kappa shape index (κ3) is 6.72. The van der Waals surface area contributed by atoms with Gasteiger partial charge in [-0.15, -0.1) is 9.24 Å². The zero-order valence-corrected chi connectivity index (χ0v) is 27.6. The van der Waals surface area contributed by atoms with Gasteiger partial charge >= 0.3 is 0 Å². The van der Waals surface area contributed by atoms with Crippen LogP contribution in [0, 0.1) is 11.3 Å². The monoisotopic (exact) mass is 630 g/mol. The molecule has 0 amide bonds. The molecular formula is C31H41Cl2N6O2P. The third-order valence-electron chi connectivity index (χ3n) is 8.79. The summed E-state index contributed by atoms with van der Waals surface area (Å²) < 4.78 is 7.42. The molecule has 1 aliphatic heterocycles. The summed E-state index contributed by atoms with van der Waals surface area (Å²) in [6, 6.07) is 11.3. The molecule has 2 heterocycles. The minimum absolute atomic E-state index is 0.0815. The number of hydrogen-bond donors (Lipinski definition) is 2. The number of guanidine groups is 1. The van der Waals surface area contributed by atoms with Crippen LogP contribution in [-0.2, 0) is 13.7 Å². The fraction of sp³-hybridized carbons (Fsp3) is 0.516. The maximum atomic E-state index is 13.2. The van der Waals surface area contributed by atoms with E-state index in [1.807, 2.05) is 18.2 Å². The number of benzene rings is 2. The molecule has 2 aliphatic rings. The van der Waals surface area contributed by atoms with E-state index in [0.29, 0.717) is 50.1 Å². The van der Waals surface area contributed by atoms with Crippen molar-refractivity contribution in [3.8, 4) is 5.75 Å². The Kier molecular flexibility index (Phi) is 9.39. The Morgan fingerprint density at radius 2 is 2.02 bits per heavy atom. The number of fused-ring (bicyclic) bond motifs is 1. The number of nitrogens with zero attached hydrogens (tertiary/aromatic N) is 4. The Labute approximate surface area is 260 Å². The van der Waals surface area contributed by atoms with Gasteiger partial charge < -0.3 is 20.3 Å². The molecular weight excluding hydrogens is 590 g/mol. The fourth-order valence-electron chi connectivity index (χ4n) is 5.94. The van der Waals surface area contributed by atoms with Crippen molar-refractivity contribution in [2.24, 2.45) is 23.4 Å². The van der Waals surface area contributed by atoms with Crippen LogP contribution < -0.4 is 20.9 Å². The van der Waals surface area contributed by atoms with Crippen molar-refractivity contribution in [2.45, 2.75) is 64.9 Å². The van der Waals surface area contributed by atoms with Gasteiger partial charge in [-0.05, 0) is 73.2 Å². The second-order valence-corrected chi connectivity index (χ2v) is 13.9. The number of anilines is 1. The van der Waals surface area contributed by atoms with E-state index in [4.69, 9.17) is 37.9 Å². The molecule has 8 nitrogen and oxygen atoms in total. The van der Waals surface area contributed by atoms with Gasteiger partial charge in [0.05, 0.1) is 22.0 Å². The molecule has 226 valence electrons. The molecule has 2 N–H and O–H groups in total. The number of aromatic nitrogens is 2. The molecule has 2 fully saturated rings. The Hall–Kier alpha value is -2.38. The van der Waals surface area contributed by atoms with Crippen LogP contribution in [0.4, 0.5) is 5.69 Å². The molecule has 0 radical (unpaired) electrons. The summed E-state index contributed by atoms with van der Waals surface area (Å²) in [5.74, 6) is 2.28. The van der Waals surface area contributed by atoms with E-state index in [-0.39, 0.29) is 23.6 Å². The van der Waals surface area contributed by atoms with Crippen molar-refractivity contribution in [3.63, 3.8) is 0 Å². The zero-order valence-electron chi connectivity index (χ0n) is 25.0. The number of nitrogens with one attached hydrogen (secondary N) is 2. The minimum atomic E-state index is -0.137. The van der Waals surface area contributed by atoms with Crippen molar-refractivity contribution in [1.29, 1.82) is 0 Å². The summed E-state index contributed by atoms with van der Waals surface area (Å²) in [4.78, 5) is 25.7. The Balaban J connectivity index is 1.44. The lowest BCUT2D eigenvalue weighted by atomic mass is 9.70. The topological polar surface area (TPSA) is 83.8 Å². The molecule has 0 spiro atoms. The second kappa shape index (κ2) is 12.7. The van der Waals surface area contributed by atoms with Gasteiger partial charge in [-0.1, -0.05) is 44.0 Å². The van der Waals surface area contributed by atoms with Gasteiger partial charge in [0.25, 0.3) is 5.56 Å². The van der Waals surface area contributed by atoms with Crippen LogP contribution in [0.2, 0.25) is 10.0 Å². The van der Waals surface area contributed by atoms with Crippen LogP contribution in [0.3, 0.4) is 0 Å². The highest BCUT2D eigenvalue weighted by Gasteiger charge is 2.39. The van der Waals surface area contributed by atoms with Crippen LogP contribution >= 0.6 is 32.4 Å². The molecule has 2 aromatic carbocycles. The molecule has 1 saturated carbocycles. The van der Waals surface area contributed by atoms with Gasteiger partial charge in [-0.3, -0.25) is 9.36 Å². The van der Waals surface area contributed by atoms with Crippen molar-refractivity contribution < 1.29 is 4.74 Å². The number of halogens is 2. The van der Waals surface area contributed by atoms with E-state index in [0.717, 1.165) is 44.1 Å². The second-order valence-electron chi connectivity index (χ2n) is 12.3. The lowest BCUT2D eigenvalue weighted by Crippen LogP contribution is -2.53. The van der Waals surface area contributed by atoms with Crippen molar-refractivity contribution in [1.82, 2.24) is 19.8 Å². The Morgan fingerprint density at radius 1 is 1.24 bits per heavy atom. The van der Waals surface area contributed by atoms with Crippen LogP contribution in [0.15, 0.2) is 46.2 Å². The smallest absolute Gasteiger partial charge is 0.261 e. The fourth-order valence-corrected chi connectivity index (χ4v) is 6.83. The van der Waals surface area contributed by atoms with Crippen molar-refractivity contribution in [3.05, 3.63) is 62.6 Å². The molecule has 3 unspecified atom stereocenters. The molecule has 5 atom stereocenters. The van der Waals surface area contributed by atoms with Crippen molar-refractivity contribution >= 4 is 55.0 Å². The average Bonchev–Trinajstić information content (AvgIpc) is 2.95. The Bertz CT molecular complexity index is 1540. The molecule has 0 bridgehead atoms. The lowest BCUT2D eigenvalue weighted by molar-refractivity contribution is 0.179. The summed E-state index contributed by atoms with van der Waals surface area (Å²) in [5.41, 5.74) is 2.07. The van der Waals surface area contributed by atoms with E-state index < -0.39 is 0 Å². The number of rotatable bonds is 5. The predicted octanol–water partition coefficient (Wildman–Crippen LogP) is 5.95. The van der Waals surface area contributed by atoms with Crippen LogP contribution in [-0.4, -0.2) is 57.8 Å². The number of aliphatic imine (C=N–C) groups is 1. The van der Waals surface area contributed by atoms with Crippen molar-refractivity contribution in [2.75, 3.05) is 25.0 Å². The van der Waals surface area contributed by atoms with Gasteiger partial charge in [0.15, 0.2) is 5.96 Å². The number of hydrogen-bond acceptors (Lipinski definition) is 5. The molecule has 1 aromatic heterocycles. The first-order valence-electron chi connectivity index (χ1n) is 14.6. The highest BCUT2D eigenvalue weighted by atomic mass is 35.5. The quantitative estimate of drug-likeness (QED) is 0.206. The Morgan fingerprint density at radius 3 is 2.76 bits per heavy atom.